The molecule has 0 radical (unpaired) electrons. The molecule has 0 amide bonds. The number of benzene rings is 2. The van der Waals surface area contributed by atoms with Crippen LogP contribution >= 0.6 is 0 Å². The van der Waals surface area contributed by atoms with E-state index in [9.17, 15) is 12.9 Å². The van der Waals surface area contributed by atoms with Crippen LogP contribution in [0.25, 0.3) is 0 Å². The summed E-state index contributed by atoms with van der Waals surface area (Å²) in [5, 5.41) is 0. The topological polar surface area (TPSA) is 9.23 Å². The van der Waals surface area contributed by atoms with Gasteiger partial charge in [-0.25, -0.2) is 0 Å². The maximum atomic E-state index is 12.7. The summed E-state index contributed by atoms with van der Waals surface area (Å²) >= 11 is 0. The molecule has 0 aliphatic carbocycles. The minimum Gasteiger partial charge on any atom is -0.489 e. The number of ether oxygens (including phenoxy) is 1. The van der Waals surface area contributed by atoms with Gasteiger partial charge in [-0.15, -0.1) is 5.46 Å². The molecule has 0 unspecified atom stereocenters. The molecule has 0 atom stereocenters. The predicted octanol–water partition coefficient (Wildman–Crippen LogP) is 0.632. The van der Waals surface area contributed by atoms with Crippen LogP contribution in [0.2, 0.25) is 0 Å². The van der Waals surface area contributed by atoms with Crippen LogP contribution in [0, 0.1) is 6.92 Å². The number of rotatable bonds is 4. The fraction of sp³-hybridized carbons (Fsp3) is 0.143. The summed E-state index contributed by atoms with van der Waals surface area (Å²) in [6, 6.07) is 13.3. The van der Waals surface area contributed by atoms with E-state index in [4.69, 9.17) is 4.74 Å². The van der Waals surface area contributed by atoms with E-state index in [0.717, 1.165) is 11.6 Å². The molecule has 0 saturated heterocycles. The van der Waals surface area contributed by atoms with Crippen LogP contribution in [-0.4, -0.2) is 6.98 Å². The Kier molecular flexibility index (Phi) is 6.81. The minimum atomic E-state index is -4.96. The molecule has 1 nitrogen and oxygen atoms in total. The molecule has 2 aromatic carbocycles. The molecule has 2 rings (SSSR count). The first-order chi connectivity index (χ1) is 8.97. The summed E-state index contributed by atoms with van der Waals surface area (Å²) in [5.74, 6) is 0.449. The van der Waals surface area contributed by atoms with Crippen molar-refractivity contribution < 1.29 is 69.1 Å². The Balaban J connectivity index is 0.00000200. The Morgan fingerprint density at radius 3 is 2.20 bits per heavy atom. The van der Waals surface area contributed by atoms with Crippen molar-refractivity contribution in [2.24, 2.45) is 0 Å². The van der Waals surface area contributed by atoms with Gasteiger partial charge in [-0.2, -0.15) is 0 Å². The van der Waals surface area contributed by atoms with Gasteiger partial charge >= 0.3 is 58.4 Å². The molecule has 0 N–H and O–H groups in total. The Bertz CT molecular complexity index is 558. The number of halogens is 3. The van der Waals surface area contributed by atoms with E-state index in [-0.39, 0.29) is 56.9 Å². The molecule has 6 heteroatoms. The molecule has 0 fully saturated rings. The Morgan fingerprint density at radius 2 is 1.65 bits per heavy atom. The van der Waals surface area contributed by atoms with Crippen LogP contribution in [-0.2, 0) is 6.61 Å². The van der Waals surface area contributed by atoms with Crippen molar-refractivity contribution in [3.63, 3.8) is 0 Å². The van der Waals surface area contributed by atoms with Gasteiger partial charge in [-0.3, -0.25) is 0 Å². The average Bonchev–Trinajstić information content (AvgIpc) is 2.36. The summed E-state index contributed by atoms with van der Waals surface area (Å²) in [4.78, 5) is 0. The monoisotopic (exact) mass is 304 g/mol. The van der Waals surface area contributed by atoms with Crippen LogP contribution < -0.4 is 61.6 Å². The first kappa shape index (κ1) is 17.8. The van der Waals surface area contributed by atoms with Crippen LogP contribution in [0.3, 0.4) is 0 Å². The molecule has 100 valence electrons. The zero-order chi connectivity index (χ0) is 13.9. The van der Waals surface area contributed by atoms with Crippen LogP contribution in [0.15, 0.2) is 48.5 Å². The summed E-state index contributed by atoms with van der Waals surface area (Å²) in [6.07, 6.45) is 0. The minimum absolute atomic E-state index is 0. The van der Waals surface area contributed by atoms with Gasteiger partial charge in [-0.05, 0) is 24.6 Å². The Labute approximate surface area is 159 Å². The fourth-order valence-corrected chi connectivity index (χ4v) is 1.85. The van der Waals surface area contributed by atoms with E-state index in [1.165, 1.54) is 19.1 Å². The second-order valence-electron chi connectivity index (χ2n) is 4.37. The first-order valence-corrected chi connectivity index (χ1v) is 5.94. The third-order valence-electron chi connectivity index (χ3n) is 2.84. The molecule has 0 aliphatic rings. The van der Waals surface area contributed by atoms with Crippen LogP contribution in [0.1, 0.15) is 11.1 Å². The molecule has 0 heterocycles. The van der Waals surface area contributed by atoms with Crippen molar-refractivity contribution in [2.75, 3.05) is 0 Å². The molecule has 0 aliphatic heterocycles. The molecule has 0 bridgehead atoms. The van der Waals surface area contributed by atoms with E-state index in [1.807, 2.05) is 30.3 Å². The van der Waals surface area contributed by atoms with E-state index in [2.05, 4.69) is 0 Å². The Hall–Kier alpha value is -0.269. The maximum absolute atomic E-state index is 12.7. The molecule has 0 spiro atoms. The van der Waals surface area contributed by atoms with Gasteiger partial charge in [0.25, 0.3) is 0 Å². The van der Waals surface area contributed by atoms with Crippen molar-refractivity contribution in [3.05, 3.63) is 59.7 Å². The summed E-state index contributed by atoms with van der Waals surface area (Å²) in [5.41, 5.74) is 0.606. The van der Waals surface area contributed by atoms with Gasteiger partial charge in [0.05, 0.1) is 0 Å². The van der Waals surface area contributed by atoms with Crippen LogP contribution in [0.4, 0.5) is 12.9 Å². The largest absolute Gasteiger partial charge is 1.00 e. The van der Waals surface area contributed by atoms with E-state index < -0.39 is 12.4 Å². The van der Waals surface area contributed by atoms with Gasteiger partial charge < -0.3 is 17.7 Å². The third-order valence-corrected chi connectivity index (χ3v) is 2.84. The number of aryl methyl sites for hydroxylation is 1. The second kappa shape index (κ2) is 7.66. The standard InChI is InChI=1S/C14H13BF3O.K/c1-11-9-13(7-8-14(11)15(16,17)18)19-10-12-5-3-2-4-6-12;/h2-9H,10H2,1H3;/q-1;+1. The van der Waals surface area contributed by atoms with Crippen molar-refractivity contribution in [1.82, 2.24) is 0 Å². The molecule has 20 heavy (non-hydrogen) atoms. The van der Waals surface area contributed by atoms with Gasteiger partial charge in [0.15, 0.2) is 0 Å². The zero-order valence-corrected chi connectivity index (χ0v) is 14.6. The third kappa shape index (κ3) is 4.93. The first-order valence-electron chi connectivity index (χ1n) is 5.94. The SMILES string of the molecule is Cc1cc(OCc2ccccc2)ccc1[B-](F)(F)F.[K+]. The molecular weight excluding hydrogens is 291 g/mol. The van der Waals surface area contributed by atoms with E-state index in [0.29, 0.717) is 12.4 Å². The Morgan fingerprint density at radius 1 is 1.00 bits per heavy atom. The van der Waals surface area contributed by atoms with E-state index >= 15 is 0 Å². The van der Waals surface area contributed by atoms with Gasteiger partial charge in [0.1, 0.15) is 12.4 Å². The number of hydrogen-bond acceptors (Lipinski definition) is 1. The van der Waals surface area contributed by atoms with Crippen LogP contribution in [0.5, 0.6) is 5.75 Å². The van der Waals surface area contributed by atoms with Gasteiger partial charge in [0, 0.05) is 0 Å². The summed E-state index contributed by atoms with van der Waals surface area (Å²) in [7, 11) is 0. The molecule has 2 aromatic rings. The number of hydrogen-bond donors (Lipinski definition) is 0. The summed E-state index contributed by atoms with van der Waals surface area (Å²) in [6.45, 7) is -3.17. The zero-order valence-electron chi connectivity index (χ0n) is 11.4. The smallest absolute Gasteiger partial charge is 0.489 e. The molecule has 0 saturated carbocycles. The van der Waals surface area contributed by atoms with Crippen molar-refractivity contribution in [3.8, 4) is 5.75 Å². The van der Waals surface area contributed by atoms with Crippen molar-refractivity contribution in [1.29, 1.82) is 0 Å². The van der Waals surface area contributed by atoms with Gasteiger partial charge in [-0.1, -0.05) is 42.0 Å². The second-order valence-corrected chi connectivity index (χ2v) is 4.37. The van der Waals surface area contributed by atoms with E-state index in [1.54, 1.807) is 0 Å². The van der Waals surface area contributed by atoms with Gasteiger partial charge in [0.2, 0.25) is 0 Å². The molecular formula is C14H13BF3KO. The predicted molar refractivity (Wildman–Crippen MR) is 70.7 cm³/mol. The summed E-state index contributed by atoms with van der Waals surface area (Å²) < 4.78 is 43.4. The van der Waals surface area contributed by atoms with Crippen molar-refractivity contribution >= 4 is 12.4 Å². The molecule has 0 aromatic heterocycles. The van der Waals surface area contributed by atoms with Crippen molar-refractivity contribution in [2.45, 2.75) is 13.5 Å². The maximum Gasteiger partial charge on any atom is 1.00 e. The fourth-order valence-electron chi connectivity index (χ4n) is 1.85. The average molecular weight is 304 g/mol. The quantitative estimate of drug-likeness (QED) is 0.753. The normalized spacial score (nSPS) is 10.8.